The summed E-state index contributed by atoms with van der Waals surface area (Å²) in [7, 11) is -2.51. The van der Waals surface area contributed by atoms with Crippen LogP contribution in [0.1, 0.15) is 25.3 Å². The monoisotopic (exact) mass is 489 g/mol. The van der Waals surface area contributed by atoms with Crippen molar-refractivity contribution in [3.05, 3.63) is 77.3 Å². The quantitative estimate of drug-likeness (QED) is 0.349. The van der Waals surface area contributed by atoms with Crippen LogP contribution >= 0.6 is 23.8 Å². The fourth-order valence-corrected chi connectivity index (χ4v) is 4.79. The summed E-state index contributed by atoms with van der Waals surface area (Å²) in [5.74, 6) is 0.836. The minimum Gasteiger partial charge on any atom is -0.495 e. The molecule has 0 saturated carbocycles. The second-order valence-corrected chi connectivity index (χ2v) is 9.77. The fraction of sp³-hybridized carbons (Fsp3) is 0.174. The first-order valence-corrected chi connectivity index (χ1v) is 12.1. The number of hydrogen-bond donors (Lipinski definition) is 3. The Morgan fingerprint density at radius 2 is 1.59 bits per heavy atom. The summed E-state index contributed by atoms with van der Waals surface area (Å²) in [6.07, 6.45) is 0. The molecule has 0 saturated heterocycles. The van der Waals surface area contributed by atoms with Crippen LogP contribution in [-0.4, -0.2) is 20.6 Å². The smallest absolute Gasteiger partial charge is 0.263 e. The van der Waals surface area contributed by atoms with Crippen molar-refractivity contribution >= 4 is 56.0 Å². The van der Waals surface area contributed by atoms with E-state index in [-0.39, 0.29) is 9.92 Å². The molecular weight excluding hydrogens is 466 g/mol. The highest BCUT2D eigenvalue weighted by molar-refractivity contribution is 7.92. The molecule has 0 aromatic heterocycles. The predicted molar refractivity (Wildman–Crippen MR) is 136 cm³/mol. The van der Waals surface area contributed by atoms with Crippen LogP contribution in [0.2, 0.25) is 5.02 Å². The number of para-hydroxylation sites is 2. The molecule has 3 aromatic rings. The predicted octanol–water partition coefficient (Wildman–Crippen LogP) is 6.08. The SMILES string of the molecule is COc1ccccc1NS(=O)(=O)c1cc(NC(=S)Nc2ccc(C(C)C)cc2)ccc1Cl. The molecule has 3 aromatic carbocycles. The van der Waals surface area contributed by atoms with E-state index in [1.54, 1.807) is 30.3 Å². The van der Waals surface area contributed by atoms with Crippen molar-refractivity contribution in [1.82, 2.24) is 0 Å². The molecule has 3 rings (SSSR count). The average molecular weight is 490 g/mol. The Hall–Kier alpha value is -2.81. The molecule has 0 heterocycles. The lowest BCUT2D eigenvalue weighted by molar-refractivity contribution is 0.417. The number of sulfonamides is 1. The van der Waals surface area contributed by atoms with Gasteiger partial charge in [0.15, 0.2) is 5.11 Å². The molecule has 32 heavy (non-hydrogen) atoms. The highest BCUT2D eigenvalue weighted by Gasteiger charge is 2.20. The highest BCUT2D eigenvalue weighted by atomic mass is 35.5. The van der Waals surface area contributed by atoms with E-state index in [0.29, 0.717) is 28.2 Å². The van der Waals surface area contributed by atoms with E-state index < -0.39 is 10.0 Å². The summed E-state index contributed by atoms with van der Waals surface area (Å²) in [4.78, 5) is -0.0841. The van der Waals surface area contributed by atoms with Crippen molar-refractivity contribution < 1.29 is 13.2 Å². The second-order valence-electron chi connectivity index (χ2n) is 7.31. The molecule has 0 aliphatic rings. The Kier molecular flexibility index (Phi) is 7.60. The molecule has 0 aliphatic heterocycles. The fourth-order valence-electron chi connectivity index (χ4n) is 2.96. The molecular formula is C23H24ClN3O3S2. The molecule has 0 amide bonds. The Balaban J connectivity index is 1.76. The lowest BCUT2D eigenvalue weighted by Crippen LogP contribution is -2.20. The number of hydrogen-bond acceptors (Lipinski definition) is 4. The van der Waals surface area contributed by atoms with Crippen LogP contribution in [0.4, 0.5) is 17.1 Å². The van der Waals surface area contributed by atoms with Gasteiger partial charge in [-0.3, -0.25) is 4.72 Å². The van der Waals surface area contributed by atoms with Gasteiger partial charge >= 0.3 is 0 Å². The van der Waals surface area contributed by atoms with Crippen LogP contribution in [-0.2, 0) is 10.0 Å². The number of thiocarbonyl (C=S) groups is 1. The minimum absolute atomic E-state index is 0.0841. The van der Waals surface area contributed by atoms with Crippen LogP contribution < -0.4 is 20.1 Å². The molecule has 0 unspecified atom stereocenters. The van der Waals surface area contributed by atoms with Gasteiger partial charge in [-0.2, -0.15) is 0 Å². The molecule has 6 nitrogen and oxygen atoms in total. The van der Waals surface area contributed by atoms with Crippen LogP contribution in [0, 0.1) is 0 Å². The molecule has 9 heteroatoms. The lowest BCUT2D eigenvalue weighted by atomic mass is 10.0. The van der Waals surface area contributed by atoms with Crippen molar-refractivity contribution in [3.8, 4) is 5.75 Å². The zero-order valence-corrected chi connectivity index (χ0v) is 20.2. The normalized spacial score (nSPS) is 11.2. The molecule has 0 aliphatic carbocycles. The Morgan fingerprint density at radius 3 is 2.25 bits per heavy atom. The number of rotatable bonds is 7. The molecule has 0 fully saturated rings. The summed E-state index contributed by atoms with van der Waals surface area (Å²) in [6.45, 7) is 4.26. The first-order chi connectivity index (χ1) is 15.2. The highest BCUT2D eigenvalue weighted by Crippen LogP contribution is 2.30. The summed E-state index contributed by atoms with van der Waals surface area (Å²) >= 11 is 11.6. The zero-order chi connectivity index (χ0) is 23.3. The van der Waals surface area contributed by atoms with Gasteiger partial charge in [-0.1, -0.05) is 49.7 Å². The van der Waals surface area contributed by atoms with E-state index in [1.165, 1.54) is 24.8 Å². The lowest BCUT2D eigenvalue weighted by Gasteiger charge is -2.15. The minimum atomic E-state index is -3.97. The Bertz CT molecular complexity index is 1210. The number of anilines is 3. The van der Waals surface area contributed by atoms with Crippen molar-refractivity contribution in [2.45, 2.75) is 24.7 Å². The third-order valence-electron chi connectivity index (χ3n) is 4.67. The number of benzene rings is 3. The molecule has 0 bridgehead atoms. The topological polar surface area (TPSA) is 79.5 Å². The maximum absolute atomic E-state index is 13.0. The second kappa shape index (κ2) is 10.2. The number of ether oxygens (including phenoxy) is 1. The summed E-state index contributed by atoms with van der Waals surface area (Å²) in [5.41, 5.74) is 2.84. The van der Waals surface area contributed by atoms with Gasteiger partial charge in [-0.05, 0) is 66.2 Å². The Morgan fingerprint density at radius 1 is 0.969 bits per heavy atom. The van der Waals surface area contributed by atoms with Gasteiger partial charge < -0.3 is 15.4 Å². The maximum atomic E-state index is 13.0. The largest absolute Gasteiger partial charge is 0.495 e. The number of methoxy groups -OCH3 is 1. The van der Waals surface area contributed by atoms with Gasteiger partial charge in [0.25, 0.3) is 10.0 Å². The van der Waals surface area contributed by atoms with Crippen molar-refractivity contribution in [3.63, 3.8) is 0 Å². The van der Waals surface area contributed by atoms with Gasteiger partial charge in [0.2, 0.25) is 0 Å². The third kappa shape index (κ3) is 5.91. The van der Waals surface area contributed by atoms with E-state index in [4.69, 9.17) is 28.6 Å². The maximum Gasteiger partial charge on any atom is 0.263 e. The molecule has 3 N–H and O–H groups in total. The average Bonchev–Trinajstić information content (AvgIpc) is 2.75. The first-order valence-electron chi connectivity index (χ1n) is 9.83. The third-order valence-corrected chi connectivity index (χ3v) is 6.72. The van der Waals surface area contributed by atoms with Crippen LogP contribution in [0.25, 0.3) is 0 Å². The molecule has 0 radical (unpaired) electrons. The zero-order valence-electron chi connectivity index (χ0n) is 17.8. The van der Waals surface area contributed by atoms with Crippen molar-refractivity contribution in [2.24, 2.45) is 0 Å². The number of halogens is 1. The first kappa shape index (κ1) is 23.8. The van der Waals surface area contributed by atoms with E-state index in [0.717, 1.165) is 5.69 Å². The van der Waals surface area contributed by atoms with Crippen LogP contribution in [0.5, 0.6) is 5.75 Å². The van der Waals surface area contributed by atoms with Crippen LogP contribution in [0.15, 0.2) is 71.6 Å². The summed E-state index contributed by atoms with van der Waals surface area (Å²) < 4.78 is 33.7. The van der Waals surface area contributed by atoms with E-state index in [2.05, 4.69) is 29.2 Å². The van der Waals surface area contributed by atoms with Gasteiger partial charge in [0, 0.05) is 11.4 Å². The molecule has 0 spiro atoms. The molecule has 168 valence electrons. The van der Waals surface area contributed by atoms with Gasteiger partial charge in [-0.15, -0.1) is 0 Å². The van der Waals surface area contributed by atoms with Crippen molar-refractivity contribution in [2.75, 3.05) is 22.5 Å². The number of nitrogens with one attached hydrogen (secondary N) is 3. The van der Waals surface area contributed by atoms with E-state index >= 15 is 0 Å². The van der Waals surface area contributed by atoms with E-state index in [1.807, 2.05) is 24.3 Å². The van der Waals surface area contributed by atoms with Gasteiger partial charge in [0.05, 0.1) is 17.8 Å². The van der Waals surface area contributed by atoms with Gasteiger partial charge in [-0.25, -0.2) is 8.42 Å². The van der Waals surface area contributed by atoms with Gasteiger partial charge in [0.1, 0.15) is 10.6 Å². The summed E-state index contributed by atoms with van der Waals surface area (Å²) in [5, 5.41) is 6.50. The Labute approximate surface area is 199 Å². The van der Waals surface area contributed by atoms with Crippen molar-refractivity contribution in [1.29, 1.82) is 0 Å². The van der Waals surface area contributed by atoms with Crippen LogP contribution in [0.3, 0.4) is 0 Å². The summed E-state index contributed by atoms with van der Waals surface area (Å²) in [6, 6.07) is 19.3. The standard InChI is InChI=1S/C23H24ClN3O3S2/c1-15(2)16-8-10-17(11-9-16)25-23(31)26-18-12-13-19(24)22(14-18)32(28,29)27-20-6-4-5-7-21(20)30-3/h4-15,27H,1-3H3,(H2,25,26,31). The van der Waals surface area contributed by atoms with E-state index in [9.17, 15) is 8.42 Å². The molecule has 0 atom stereocenters.